The van der Waals surface area contributed by atoms with Crippen molar-refractivity contribution in [2.75, 3.05) is 32.7 Å². The molecule has 0 spiro atoms. The van der Waals surface area contributed by atoms with E-state index in [0.29, 0.717) is 86.7 Å². The maximum atomic E-state index is 13.8. The van der Waals surface area contributed by atoms with Gasteiger partial charge in [-0.25, -0.2) is 19.9 Å². The summed E-state index contributed by atoms with van der Waals surface area (Å²) in [5.74, 6) is 1.84. The van der Waals surface area contributed by atoms with E-state index in [4.69, 9.17) is 92.7 Å². The fraction of sp³-hybridized carbons (Fsp3) is 0.175. The van der Waals surface area contributed by atoms with Crippen LogP contribution in [0.2, 0.25) is 35.4 Å². The lowest BCUT2D eigenvalue weighted by Gasteiger charge is -2.22. The summed E-state index contributed by atoms with van der Waals surface area (Å²) in [6.07, 6.45) is 8.85. The largest absolute Gasteiger partial charge is 0.382 e. The molecule has 10 heterocycles. The van der Waals surface area contributed by atoms with Crippen molar-refractivity contribution in [2.24, 2.45) is 0 Å². The minimum atomic E-state index is -0.862. The SMILES string of the molecule is C[C@H](Nc1nc(Cl)nc2nc[nH]c12)c1cc2cccc(Cl)c2c(=O)n1C1CC1.C[C@H](Nc1nc(F)nc2nc[nH]c12)c1cc2cccc(Cl)c2c(=O)n1C1CC1.C[C@H](Nc1nc(N)ncc1Cl)c1cc2cccc(Cl)c2c(=O)n1-c1ccccc1.C[C@H](Nc1ncc(Cl)c(N)n1)c1cc2cccc(Cl)c2c(=O)n1-c1ccccc1. The van der Waals surface area contributed by atoms with Crippen molar-refractivity contribution in [2.45, 2.75) is 89.6 Å². The molecule has 2 saturated carbocycles. The van der Waals surface area contributed by atoms with Gasteiger partial charge >= 0.3 is 6.08 Å². The number of pyridine rings is 4. The third-order valence-electron chi connectivity index (χ3n) is 19.3. The zero-order chi connectivity index (χ0) is 79.9. The van der Waals surface area contributed by atoms with E-state index in [1.807, 2.05) is 166 Å². The van der Waals surface area contributed by atoms with Gasteiger partial charge in [0.15, 0.2) is 28.7 Å². The first-order chi connectivity index (χ1) is 55.0. The van der Waals surface area contributed by atoms with Crippen molar-refractivity contribution in [3.8, 4) is 11.4 Å². The molecule has 2 aliphatic rings. The number of rotatable bonds is 16. The molecule has 18 rings (SSSR count). The molecule has 0 amide bonds. The molecule has 0 unspecified atom stereocenters. The number of nitrogen functional groups attached to an aromatic ring is 2. The Labute approximate surface area is 681 Å². The number of nitrogens with one attached hydrogen (secondary N) is 6. The zero-order valence-corrected chi connectivity index (χ0v) is 66.0. The summed E-state index contributed by atoms with van der Waals surface area (Å²) in [7, 11) is 0. The third-order valence-corrected chi connectivity index (χ3v) is 21.2. The number of aromatic amines is 2. The summed E-state index contributed by atoms with van der Waals surface area (Å²) in [5.41, 5.74) is 17.4. The summed E-state index contributed by atoms with van der Waals surface area (Å²) in [6.45, 7) is 7.73. The van der Waals surface area contributed by atoms with Crippen LogP contribution in [0.15, 0.2) is 202 Å². The number of hydrogen-bond acceptors (Lipinski definition) is 20. The van der Waals surface area contributed by atoms with E-state index in [0.717, 1.165) is 81.4 Å². The molecule has 10 N–H and O–H groups in total. The normalized spacial score (nSPS) is 13.6. The Morgan fingerprint density at radius 1 is 0.412 bits per heavy atom. The zero-order valence-electron chi connectivity index (χ0n) is 60.7. The Hall–Kier alpha value is -11.8. The quantitative estimate of drug-likeness (QED) is 0.0417. The number of H-pyrrole nitrogens is 2. The van der Waals surface area contributed by atoms with Gasteiger partial charge in [-0.3, -0.25) is 28.3 Å². The van der Waals surface area contributed by atoms with Gasteiger partial charge < -0.3 is 51.8 Å². The maximum Gasteiger partial charge on any atom is 0.312 e. The van der Waals surface area contributed by atoms with E-state index in [-0.39, 0.29) is 86.2 Å². The number of halogens is 8. The van der Waals surface area contributed by atoms with E-state index >= 15 is 0 Å². The first kappa shape index (κ1) is 77.5. The molecule has 576 valence electrons. The number of imidazole rings is 2. The molecule has 16 aromatic rings. The summed E-state index contributed by atoms with van der Waals surface area (Å²) >= 11 is 43.4. The number of aromatic nitrogens is 16. The van der Waals surface area contributed by atoms with Crippen LogP contribution < -0.4 is 55.0 Å². The van der Waals surface area contributed by atoms with Gasteiger partial charge in [-0.15, -0.1) is 0 Å². The highest BCUT2D eigenvalue weighted by molar-refractivity contribution is 6.37. The van der Waals surface area contributed by atoms with Gasteiger partial charge in [0.2, 0.25) is 17.2 Å². The minimum absolute atomic E-state index is 0.0540. The van der Waals surface area contributed by atoms with E-state index in [1.165, 1.54) is 18.7 Å². The number of nitrogens with two attached hydrogens (primary N) is 2. The highest BCUT2D eigenvalue weighted by Gasteiger charge is 2.32. The lowest BCUT2D eigenvalue weighted by molar-refractivity contribution is 0.543. The summed E-state index contributed by atoms with van der Waals surface area (Å²) in [4.78, 5) is 99.6. The fourth-order valence-corrected chi connectivity index (χ4v) is 15.1. The molecule has 6 aromatic carbocycles. The Kier molecular flexibility index (Phi) is 22.2. The lowest BCUT2D eigenvalue weighted by Crippen LogP contribution is -2.26. The van der Waals surface area contributed by atoms with Crippen molar-refractivity contribution in [3.63, 3.8) is 0 Å². The first-order valence-corrected chi connectivity index (χ1v) is 38.4. The van der Waals surface area contributed by atoms with Crippen molar-refractivity contribution in [3.05, 3.63) is 288 Å². The van der Waals surface area contributed by atoms with Crippen molar-refractivity contribution < 1.29 is 4.39 Å². The van der Waals surface area contributed by atoms with Gasteiger partial charge in [0, 0.05) is 46.2 Å². The second-order valence-corrected chi connectivity index (χ2v) is 29.8. The van der Waals surface area contributed by atoms with Gasteiger partial charge in [0.05, 0.1) is 90.9 Å². The second kappa shape index (κ2) is 32.7. The van der Waals surface area contributed by atoms with E-state index in [9.17, 15) is 23.6 Å². The summed E-state index contributed by atoms with van der Waals surface area (Å²) in [6, 6.07) is 47.6. The Morgan fingerprint density at radius 2 is 0.807 bits per heavy atom. The molecule has 10 aromatic heterocycles. The highest BCUT2D eigenvalue weighted by atomic mass is 35.5. The molecule has 0 radical (unpaired) electrons. The summed E-state index contributed by atoms with van der Waals surface area (Å²) < 4.78 is 20.7. The Bertz CT molecular complexity index is 6460. The molecule has 4 atom stereocenters. The van der Waals surface area contributed by atoms with Crippen LogP contribution in [0.1, 0.15) is 112 Å². The van der Waals surface area contributed by atoms with Crippen molar-refractivity contribution >= 4 is 182 Å². The van der Waals surface area contributed by atoms with Crippen molar-refractivity contribution in [1.29, 1.82) is 0 Å². The van der Waals surface area contributed by atoms with Crippen LogP contribution in [0.5, 0.6) is 0 Å². The topological polar surface area (TPSA) is 349 Å². The van der Waals surface area contributed by atoms with Crippen LogP contribution >= 0.6 is 81.2 Å². The predicted octanol–water partition coefficient (Wildman–Crippen LogP) is 18.1. The maximum absolute atomic E-state index is 13.8. The van der Waals surface area contributed by atoms with Crippen molar-refractivity contribution in [1.82, 2.24) is 78.1 Å². The third kappa shape index (κ3) is 16.0. The molecule has 0 bridgehead atoms. The average Bonchev–Trinajstić information content (AvgIpc) is 1.43. The Balaban J connectivity index is 0.000000120. The van der Waals surface area contributed by atoms with Crippen LogP contribution in [-0.4, -0.2) is 78.1 Å². The molecular weight excluding hydrogens is 1600 g/mol. The number of para-hydroxylation sites is 2. The van der Waals surface area contributed by atoms with E-state index in [2.05, 4.69) is 81.1 Å². The minimum Gasteiger partial charge on any atom is -0.382 e. The number of anilines is 6. The lowest BCUT2D eigenvalue weighted by atomic mass is 10.1. The molecule has 34 heteroatoms. The first-order valence-electron chi connectivity index (χ1n) is 35.8. The molecular formula is C80H66Cl7FN22O4. The molecule has 0 aliphatic heterocycles. The standard InChI is InChI=1S/2C21H17Cl2N5O.C19H16Cl2N6O.C19H16ClFN6O/c1-12(26-19-16(23)11-25-21(24)27-19)17-10-13-6-5-9-15(22)18(13)20(29)28(17)14-7-3-2-4-8-14;1-12(26-21-25-11-16(23)19(24)27-21)17-10-13-6-5-9-15(22)18(13)20(29)28(17)14-7-3-2-4-8-14;2*1-9(24-17-15-16(23-8-22-15)25-19(21)26-17)13-7-10-3-2-4-12(20)14(10)18(28)27(13)11-5-6-11/h2*2-12H,1H3,(H3,24,25,26,27);2*2-4,7-9,11H,5-6H2,1H3,(H2,22,23,24,25,26)/t2*12-;2*9-/m0000/s1. The smallest absolute Gasteiger partial charge is 0.312 e. The molecule has 2 fully saturated rings. The molecule has 26 nitrogen and oxygen atoms in total. The van der Waals surface area contributed by atoms with Crippen LogP contribution in [-0.2, 0) is 0 Å². The highest BCUT2D eigenvalue weighted by Crippen LogP contribution is 2.41. The number of hydrogen-bond donors (Lipinski definition) is 8. The van der Waals surface area contributed by atoms with E-state index < -0.39 is 6.08 Å². The molecule has 2 aliphatic carbocycles. The molecule has 114 heavy (non-hydrogen) atoms. The van der Waals surface area contributed by atoms with Crippen LogP contribution in [0.4, 0.5) is 39.6 Å². The number of benzene rings is 6. The second-order valence-electron chi connectivity index (χ2n) is 27.1. The van der Waals surface area contributed by atoms with Crippen LogP contribution in [0, 0.1) is 6.08 Å². The monoisotopic (exact) mass is 1660 g/mol. The van der Waals surface area contributed by atoms with E-state index in [1.54, 1.807) is 44.3 Å². The summed E-state index contributed by atoms with van der Waals surface area (Å²) in [5, 5.41) is 20.6. The van der Waals surface area contributed by atoms with Gasteiger partial charge in [-0.05, 0) is 159 Å². The van der Waals surface area contributed by atoms with Gasteiger partial charge in [0.25, 0.3) is 22.2 Å². The Morgan fingerprint density at radius 3 is 1.25 bits per heavy atom. The van der Waals surface area contributed by atoms with Gasteiger partial charge in [0.1, 0.15) is 26.9 Å². The van der Waals surface area contributed by atoms with Gasteiger partial charge in [-0.2, -0.15) is 34.3 Å². The fourth-order valence-electron chi connectivity index (χ4n) is 13.7. The number of fused-ring (bicyclic) bond motifs is 6. The van der Waals surface area contributed by atoms with Gasteiger partial charge in [-0.1, -0.05) is 155 Å². The van der Waals surface area contributed by atoms with Crippen LogP contribution in [0.25, 0.3) is 76.8 Å². The van der Waals surface area contributed by atoms with Crippen LogP contribution in [0.3, 0.4) is 0 Å². The predicted molar refractivity (Wildman–Crippen MR) is 451 cm³/mol. The molecule has 0 saturated heterocycles. The number of nitrogens with zero attached hydrogens (tertiary/aromatic N) is 14. The average molecular weight is 1670 g/mol.